The number of nitrogens with two attached hydrogens (primary N) is 1. The van der Waals surface area contributed by atoms with Crippen molar-refractivity contribution >= 4 is 0 Å². The highest BCUT2D eigenvalue weighted by atomic mass is 16.5. The molecule has 0 aliphatic rings. The smallest absolute Gasteiger partial charge is 0.243 e. The van der Waals surface area contributed by atoms with Crippen molar-refractivity contribution in [2.75, 3.05) is 6.61 Å². The van der Waals surface area contributed by atoms with Crippen LogP contribution in [0.2, 0.25) is 0 Å². The zero-order chi connectivity index (χ0) is 14.4. The van der Waals surface area contributed by atoms with Crippen LogP contribution in [-0.2, 0) is 6.42 Å². The Morgan fingerprint density at radius 3 is 2.75 bits per heavy atom. The molecule has 2 rings (SSSR count). The Morgan fingerprint density at radius 2 is 2.05 bits per heavy atom. The monoisotopic (exact) mass is 275 g/mol. The van der Waals surface area contributed by atoms with Crippen molar-refractivity contribution in [2.45, 2.75) is 32.7 Å². The van der Waals surface area contributed by atoms with E-state index in [4.69, 9.17) is 15.0 Å². The van der Waals surface area contributed by atoms with Gasteiger partial charge in [0.05, 0.1) is 12.6 Å². The number of rotatable bonds is 7. The van der Waals surface area contributed by atoms with Gasteiger partial charge in [-0.15, -0.1) is 0 Å². The van der Waals surface area contributed by atoms with Gasteiger partial charge in [0.25, 0.3) is 0 Å². The van der Waals surface area contributed by atoms with Crippen molar-refractivity contribution in [2.24, 2.45) is 11.7 Å². The summed E-state index contributed by atoms with van der Waals surface area (Å²) in [7, 11) is 0. The zero-order valence-electron chi connectivity index (χ0n) is 12.0. The lowest BCUT2D eigenvalue weighted by atomic mass is 10.0. The molecule has 2 N–H and O–H groups in total. The number of para-hydroxylation sites is 1. The highest BCUT2D eigenvalue weighted by Gasteiger charge is 2.19. The highest BCUT2D eigenvalue weighted by Crippen LogP contribution is 2.20. The summed E-state index contributed by atoms with van der Waals surface area (Å²) in [5, 5.41) is 3.94. The van der Waals surface area contributed by atoms with E-state index in [9.17, 15) is 0 Å². The van der Waals surface area contributed by atoms with Crippen LogP contribution < -0.4 is 10.5 Å². The molecule has 2 aromatic rings. The number of aromatic nitrogens is 2. The summed E-state index contributed by atoms with van der Waals surface area (Å²) in [6.45, 7) is 4.68. The van der Waals surface area contributed by atoms with Crippen LogP contribution in [0, 0.1) is 5.92 Å². The first kappa shape index (κ1) is 14.5. The molecule has 0 aliphatic heterocycles. The third-order valence-electron chi connectivity index (χ3n) is 3.36. The Balaban J connectivity index is 1.84. The quantitative estimate of drug-likeness (QED) is 0.841. The molecule has 5 heteroatoms. The van der Waals surface area contributed by atoms with Crippen LogP contribution >= 0.6 is 0 Å². The number of ether oxygens (including phenoxy) is 1. The van der Waals surface area contributed by atoms with Gasteiger partial charge in [-0.2, -0.15) is 4.98 Å². The van der Waals surface area contributed by atoms with Gasteiger partial charge in [-0.05, 0) is 18.1 Å². The van der Waals surface area contributed by atoms with Gasteiger partial charge >= 0.3 is 0 Å². The standard InChI is InChI=1S/C15H21N3O2/c1-3-11(2)14(16)15-17-13(18-20-15)9-10-19-12-7-5-4-6-8-12/h4-8,11,14H,3,9-10,16H2,1-2H3/t11-,14-/m0/s1. The Hall–Kier alpha value is -1.88. The molecule has 20 heavy (non-hydrogen) atoms. The number of benzene rings is 1. The van der Waals surface area contributed by atoms with E-state index >= 15 is 0 Å². The van der Waals surface area contributed by atoms with Crippen LogP contribution in [0.25, 0.3) is 0 Å². The molecule has 1 heterocycles. The minimum absolute atomic E-state index is 0.198. The van der Waals surface area contributed by atoms with Crippen molar-refractivity contribution < 1.29 is 9.26 Å². The fourth-order valence-electron chi connectivity index (χ4n) is 1.78. The van der Waals surface area contributed by atoms with Gasteiger partial charge in [0.15, 0.2) is 5.82 Å². The lowest BCUT2D eigenvalue weighted by molar-refractivity contribution is 0.302. The van der Waals surface area contributed by atoms with Crippen LogP contribution in [0.1, 0.15) is 38.0 Å². The first-order chi connectivity index (χ1) is 9.70. The Labute approximate surface area is 119 Å². The van der Waals surface area contributed by atoms with Crippen LogP contribution in [0.3, 0.4) is 0 Å². The Bertz CT molecular complexity index is 513. The molecule has 0 fully saturated rings. The van der Waals surface area contributed by atoms with E-state index in [0.717, 1.165) is 12.2 Å². The SMILES string of the molecule is CC[C@H](C)[C@H](N)c1nc(CCOc2ccccc2)no1. The fourth-order valence-corrected chi connectivity index (χ4v) is 1.78. The van der Waals surface area contributed by atoms with Gasteiger partial charge in [-0.1, -0.05) is 43.6 Å². The molecular weight excluding hydrogens is 254 g/mol. The second kappa shape index (κ2) is 7.05. The normalized spacial score (nSPS) is 13.9. The predicted octanol–water partition coefficient (Wildman–Crippen LogP) is 2.74. The molecule has 0 saturated heterocycles. The summed E-state index contributed by atoms with van der Waals surface area (Å²) in [6, 6.07) is 9.46. The maximum atomic E-state index is 6.05. The van der Waals surface area contributed by atoms with E-state index in [1.54, 1.807) is 0 Å². The molecule has 0 aliphatic carbocycles. The lowest BCUT2D eigenvalue weighted by Gasteiger charge is -2.12. The molecule has 0 radical (unpaired) electrons. The zero-order valence-corrected chi connectivity index (χ0v) is 12.0. The van der Waals surface area contributed by atoms with E-state index < -0.39 is 0 Å². The number of nitrogens with zero attached hydrogens (tertiary/aromatic N) is 2. The van der Waals surface area contributed by atoms with Gasteiger partial charge in [0, 0.05) is 6.42 Å². The average Bonchev–Trinajstić information content (AvgIpc) is 2.95. The minimum atomic E-state index is -0.198. The van der Waals surface area contributed by atoms with E-state index in [-0.39, 0.29) is 6.04 Å². The van der Waals surface area contributed by atoms with Crippen molar-refractivity contribution in [1.29, 1.82) is 0 Å². The number of hydrogen-bond donors (Lipinski definition) is 1. The van der Waals surface area contributed by atoms with Crippen LogP contribution in [0.5, 0.6) is 5.75 Å². The van der Waals surface area contributed by atoms with Gasteiger partial charge < -0.3 is 15.0 Å². The molecule has 5 nitrogen and oxygen atoms in total. The predicted molar refractivity (Wildman–Crippen MR) is 76.3 cm³/mol. The lowest BCUT2D eigenvalue weighted by Crippen LogP contribution is -2.19. The largest absolute Gasteiger partial charge is 0.493 e. The van der Waals surface area contributed by atoms with E-state index in [1.807, 2.05) is 30.3 Å². The molecule has 1 aromatic heterocycles. The third-order valence-corrected chi connectivity index (χ3v) is 3.36. The second-order valence-electron chi connectivity index (χ2n) is 4.87. The maximum Gasteiger partial charge on any atom is 0.243 e. The summed E-state index contributed by atoms with van der Waals surface area (Å²) in [5.74, 6) is 2.31. The third kappa shape index (κ3) is 3.81. The summed E-state index contributed by atoms with van der Waals surface area (Å²) >= 11 is 0. The van der Waals surface area contributed by atoms with Gasteiger partial charge in [0.2, 0.25) is 5.89 Å². The molecule has 0 saturated carbocycles. The molecule has 1 aromatic carbocycles. The van der Waals surface area contributed by atoms with Gasteiger partial charge in [-0.25, -0.2) is 0 Å². The fraction of sp³-hybridized carbons (Fsp3) is 0.467. The van der Waals surface area contributed by atoms with Crippen molar-refractivity contribution in [3.8, 4) is 5.75 Å². The average molecular weight is 275 g/mol. The van der Waals surface area contributed by atoms with Gasteiger partial charge in [-0.3, -0.25) is 0 Å². The maximum absolute atomic E-state index is 6.05. The number of hydrogen-bond acceptors (Lipinski definition) is 5. The highest BCUT2D eigenvalue weighted by molar-refractivity contribution is 5.20. The molecule has 2 atom stereocenters. The molecular formula is C15H21N3O2. The first-order valence-electron chi connectivity index (χ1n) is 6.96. The van der Waals surface area contributed by atoms with Crippen LogP contribution in [-0.4, -0.2) is 16.7 Å². The Kier molecular flexibility index (Phi) is 5.12. The molecule has 0 spiro atoms. The summed E-state index contributed by atoms with van der Waals surface area (Å²) in [6.07, 6.45) is 1.58. The minimum Gasteiger partial charge on any atom is -0.493 e. The summed E-state index contributed by atoms with van der Waals surface area (Å²) in [5.41, 5.74) is 6.05. The first-order valence-corrected chi connectivity index (χ1v) is 6.96. The molecule has 0 unspecified atom stereocenters. The summed E-state index contributed by atoms with van der Waals surface area (Å²) in [4.78, 5) is 4.33. The van der Waals surface area contributed by atoms with Crippen LogP contribution in [0.4, 0.5) is 0 Å². The molecule has 0 bridgehead atoms. The van der Waals surface area contributed by atoms with Gasteiger partial charge in [0.1, 0.15) is 5.75 Å². The van der Waals surface area contributed by atoms with Crippen molar-refractivity contribution in [3.05, 3.63) is 42.0 Å². The van der Waals surface area contributed by atoms with E-state index in [1.165, 1.54) is 0 Å². The van der Waals surface area contributed by atoms with E-state index in [0.29, 0.717) is 30.7 Å². The summed E-state index contributed by atoms with van der Waals surface area (Å²) < 4.78 is 10.8. The molecule has 0 amide bonds. The Morgan fingerprint density at radius 1 is 1.30 bits per heavy atom. The van der Waals surface area contributed by atoms with Crippen molar-refractivity contribution in [3.63, 3.8) is 0 Å². The molecule has 108 valence electrons. The topological polar surface area (TPSA) is 74.2 Å². The van der Waals surface area contributed by atoms with E-state index in [2.05, 4.69) is 24.0 Å². The second-order valence-corrected chi connectivity index (χ2v) is 4.87. The van der Waals surface area contributed by atoms with Crippen LogP contribution in [0.15, 0.2) is 34.9 Å². The van der Waals surface area contributed by atoms with Crippen molar-refractivity contribution in [1.82, 2.24) is 10.1 Å².